The van der Waals surface area contributed by atoms with Crippen molar-refractivity contribution in [1.29, 1.82) is 0 Å². The van der Waals surface area contributed by atoms with Crippen LogP contribution in [0, 0.1) is 13.8 Å². The number of rotatable bonds is 4. The zero-order valence-corrected chi connectivity index (χ0v) is 26.5. The number of carbonyl (C=O) groups is 4. The highest BCUT2D eigenvalue weighted by molar-refractivity contribution is 6.38. The van der Waals surface area contributed by atoms with Crippen molar-refractivity contribution in [2.45, 2.75) is 31.6 Å². The van der Waals surface area contributed by atoms with Crippen LogP contribution in [0.3, 0.4) is 0 Å². The highest BCUT2D eigenvalue weighted by Gasteiger charge is 2.73. The van der Waals surface area contributed by atoms with Crippen LogP contribution in [0.2, 0.25) is 10.0 Å². The highest BCUT2D eigenvalue weighted by atomic mass is 35.5. The Balaban J connectivity index is 1.52. The second-order valence-corrected chi connectivity index (χ2v) is 12.3. The Morgan fingerprint density at radius 2 is 0.857 bits per heavy atom. The molecule has 0 saturated heterocycles. The molecule has 2 heterocycles. The Bertz CT molecular complexity index is 2030. The van der Waals surface area contributed by atoms with Gasteiger partial charge in [0.15, 0.2) is 0 Å². The average molecular weight is 721 g/mol. The summed E-state index contributed by atoms with van der Waals surface area (Å²) in [7, 11) is 0. The summed E-state index contributed by atoms with van der Waals surface area (Å²) in [5, 5.41) is -0.104. The normalized spacial score (nSPS) is 15.0. The maximum absolute atomic E-state index is 15.1. The van der Waals surface area contributed by atoms with Gasteiger partial charge in [0, 0.05) is 0 Å². The minimum atomic E-state index is -6.13. The van der Waals surface area contributed by atoms with Crippen molar-refractivity contribution in [2.24, 2.45) is 0 Å². The maximum Gasteiger partial charge on any atom is 0.411 e. The molecule has 16 heteroatoms. The summed E-state index contributed by atoms with van der Waals surface area (Å²) < 4.78 is 90.9. The van der Waals surface area contributed by atoms with E-state index in [4.69, 9.17) is 34.7 Å². The van der Waals surface area contributed by atoms with Crippen LogP contribution in [0.1, 0.15) is 63.7 Å². The van der Waals surface area contributed by atoms with Gasteiger partial charge in [-0.1, -0.05) is 35.3 Å². The molecule has 0 aromatic heterocycles. The number of nitrogens with two attached hydrogens (primary N) is 2. The van der Waals surface area contributed by atoms with Gasteiger partial charge in [-0.05, 0) is 84.6 Å². The summed E-state index contributed by atoms with van der Waals surface area (Å²) in [6.07, 6.45) is -12.3. The van der Waals surface area contributed by atoms with Crippen molar-refractivity contribution in [1.82, 2.24) is 0 Å². The molecule has 2 aliphatic heterocycles. The number of imide groups is 2. The van der Waals surface area contributed by atoms with Gasteiger partial charge >= 0.3 is 12.4 Å². The first-order valence-corrected chi connectivity index (χ1v) is 14.8. The zero-order valence-electron chi connectivity index (χ0n) is 25.0. The number of fused-ring (bicyclic) bond motifs is 2. The van der Waals surface area contributed by atoms with E-state index < -0.39 is 74.8 Å². The Kier molecular flexibility index (Phi) is 7.57. The van der Waals surface area contributed by atoms with E-state index in [0.29, 0.717) is 46.2 Å². The number of nitrogen functional groups attached to an aromatic ring is 2. The third-order valence-corrected chi connectivity index (χ3v) is 9.26. The van der Waals surface area contributed by atoms with Gasteiger partial charge in [0.1, 0.15) is 0 Å². The summed E-state index contributed by atoms with van der Waals surface area (Å²) in [6, 6.07) is 8.05. The van der Waals surface area contributed by atoms with Gasteiger partial charge in [0.05, 0.1) is 55.0 Å². The molecule has 0 aliphatic carbocycles. The molecule has 0 atom stereocenters. The number of aryl methyl sites for hydroxylation is 2. The number of halogens is 8. The van der Waals surface area contributed by atoms with Crippen LogP contribution in [0.4, 0.5) is 49.1 Å². The molecule has 0 fully saturated rings. The van der Waals surface area contributed by atoms with Crippen LogP contribution in [-0.4, -0.2) is 36.0 Å². The molecule has 8 nitrogen and oxygen atoms in total. The van der Waals surface area contributed by atoms with Gasteiger partial charge in [0.2, 0.25) is 5.41 Å². The maximum atomic E-state index is 15.1. The Morgan fingerprint density at radius 1 is 0.531 bits per heavy atom. The van der Waals surface area contributed by atoms with Crippen LogP contribution in [-0.2, 0) is 5.41 Å². The summed E-state index contributed by atoms with van der Waals surface area (Å²) in [5.41, 5.74) is 2.00. The van der Waals surface area contributed by atoms with E-state index in [0.717, 1.165) is 0 Å². The molecule has 49 heavy (non-hydrogen) atoms. The number of amides is 4. The molecule has 4 N–H and O–H groups in total. The lowest BCUT2D eigenvalue weighted by atomic mass is 9.71. The molecule has 0 radical (unpaired) electrons. The lowest BCUT2D eigenvalue weighted by molar-refractivity contribution is -0.288. The Morgan fingerprint density at radius 3 is 1.18 bits per heavy atom. The lowest BCUT2D eigenvalue weighted by Crippen LogP contribution is -2.55. The number of carbonyl (C=O) groups excluding carboxylic acids is 4. The number of benzene rings is 4. The molecule has 0 spiro atoms. The first-order chi connectivity index (χ1) is 22.7. The molecule has 0 unspecified atom stereocenters. The predicted molar refractivity (Wildman–Crippen MR) is 169 cm³/mol. The fourth-order valence-corrected chi connectivity index (χ4v) is 6.55. The van der Waals surface area contributed by atoms with E-state index in [2.05, 4.69) is 0 Å². The van der Waals surface area contributed by atoms with Gasteiger partial charge < -0.3 is 11.5 Å². The van der Waals surface area contributed by atoms with Crippen molar-refractivity contribution in [3.63, 3.8) is 0 Å². The van der Waals surface area contributed by atoms with Gasteiger partial charge in [-0.3, -0.25) is 19.2 Å². The van der Waals surface area contributed by atoms with Gasteiger partial charge in [-0.15, -0.1) is 0 Å². The van der Waals surface area contributed by atoms with E-state index >= 15 is 26.3 Å². The van der Waals surface area contributed by atoms with Crippen LogP contribution >= 0.6 is 23.2 Å². The third-order valence-electron chi connectivity index (χ3n) is 8.60. The SMILES string of the molecule is Cc1cc(N)c(Cl)cc1N1C(=O)c2ccc(C(c3ccc4c(c3)C(=O)N(c3cc(Cl)c(N)cc3C)C4=O)(C(F)(F)F)C(F)(F)F)cc2C1=O. The largest absolute Gasteiger partial charge is 0.411 e. The molecule has 0 saturated carbocycles. The zero-order chi connectivity index (χ0) is 36.1. The summed E-state index contributed by atoms with van der Waals surface area (Å²) >= 11 is 12.1. The lowest BCUT2D eigenvalue weighted by Gasteiger charge is -2.38. The summed E-state index contributed by atoms with van der Waals surface area (Å²) in [6.45, 7) is 2.94. The van der Waals surface area contributed by atoms with Crippen LogP contribution in [0.25, 0.3) is 0 Å². The van der Waals surface area contributed by atoms with Crippen molar-refractivity contribution < 1.29 is 45.5 Å². The third kappa shape index (κ3) is 4.76. The number of anilines is 4. The van der Waals surface area contributed by atoms with Crippen molar-refractivity contribution >= 4 is 69.6 Å². The molecule has 4 aromatic rings. The average Bonchev–Trinajstić information content (AvgIpc) is 3.39. The number of alkyl halides is 6. The molecular formula is C33H20Cl2F6N4O4. The first-order valence-electron chi connectivity index (χ1n) is 14.0. The second kappa shape index (κ2) is 11.0. The molecule has 4 aromatic carbocycles. The highest BCUT2D eigenvalue weighted by Crippen LogP contribution is 2.57. The van der Waals surface area contributed by atoms with Crippen LogP contribution < -0.4 is 21.3 Å². The van der Waals surface area contributed by atoms with E-state index in [1.54, 1.807) is 0 Å². The molecule has 0 bridgehead atoms. The number of hydrogen-bond donors (Lipinski definition) is 2. The van der Waals surface area contributed by atoms with Gasteiger partial charge in [-0.2, -0.15) is 26.3 Å². The van der Waals surface area contributed by atoms with Crippen LogP contribution in [0.15, 0.2) is 60.7 Å². The molecule has 6 rings (SSSR count). The number of nitrogens with zero attached hydrogens (tertiary/aromatic N) is 2. The fraction of sp³-hybridized carbons (Fsp3) is 0.152. The molecule has 4 amide bonds. The summed E-state index contributed by atoms with van der Waals surface area (Å²) in [4.78, 5) is 54.8. The van der Waals surface area contributed by atoms with E-state index in [9.17, 15) is 19.2 Å². The monoisotopic (exact) mass is 720 g/mol. The molecular weight excluding hydrogens is 701 g/mol. The minimum absolute atomic E-state index is 0.0520. The Hall–Kier alpha value is -5.08. The number of hydrogen-bond acceptors (Lipinski definition) is 6. The first kappa shape index (κ1) is 33.8. The fourth-order valence-electron chi connectivity index (χ4n) is 6.24. The predicted octanol–water partition coefficient (Wildman–Crippen LogP) is 7.79. The van der Waals surface area contributed by atoms with Crippen molar-refractivity contribution in [3.8, 4) is 0 Å². The quantitative estimate of drug-likeness (QED) is 0.126. The van der Waals surface area contributed by atoms with Crippen molar-refractivity contribution in [2.75, 3.05) is 21.3 Å². The van der Waals surface area contributed by atoms with E-state index in [1.807, 2.05) is 0 Å². The molecule has 252 valence electrons. The van der Waals surface area contributed by atoms with Gasteiger partial charge in [0.25, 0.3) is 23.6 Å². The summed E-state index contributed by atoms with van der Waals surface area (Å²) in [5.74, 6) is -4.43. The van der Waals surface area contributed by atoms with Crippen molar-refractivity contribution in [3.05, 3.63) is 115 Å². The Labute approximate surface area is 282 Å². The topological polar surface area (TPSA) is 127 Å². The van der Waals surface area contributed by atoms with Crippen LogP contribution in [0.5, 0.6) is 0 Å². The molecule has 2 aliphatic rings. The van der Waals surface area contributed by atoms with E-state index in [1.165, 1.54) is 38.1 Å². The standard InChI is InChI=1S/C33H20Cl2F6N4O4/c1-13-7-23(42)21(34)11-25(13)44-27(46)17-5-3-15(9-19(17)29(44)48)31(32(36,37)38,33(39,40)41)16-4-6-18-20(10-16)30(49)45(28(18)47)26-12-22(35)24(43)8-14(26)2/h3-12H,42-43H2,1-2H3. The second-order valence-electron chi connectivity index (χ2n) is 11.5. The van der Waals surface area contributed by atoms with Gasteiger partial charge in [-0.25, -0.2) is 9.80 Å². The smallest absolute Gasteiger partial charge is 0.398 e. The minimum Gasteiger partial charge on any atom is -0.398 e. The van der Waals surface area contributed by atoms with E-state index in [-0.39, 0.29) is 43.9 Å².